The van der Waals surface area contributed by atoms with Gasteiger partial charge in [-0.15, -0.1) is 10.2 Å². The lowest BCUT2D eigenvalue weighted by molar-refractivity contribution is 0.0601. The Balaban J connectivity index is 1.74. The molecule has 7 nitrogen and oxygen atoms in total. The van der Waals surface area contributed by atoms with Crippen LogP contribution in [0.15, 0.2) is 60.7 Å². The van der Waals surface area contributed by atoms with E-state index >= 15 is 0 Å². The number of anilines is 3. The molecular weight excluding hydrogens is 344 g/mol. The lowest BCUT2D eigenvalue weighted by Gasteiger charge is -2.10. The smallest absolute Gasteiger partial charge is 0.339 e. The van der Waals surface area contributed by atoms with Crippen LogP contribution in [0.25, 0.3) is 0 Å². The Morgan fingerprint density at radius 1 is 0.889 bits per heavy atom. The molecule has 0 atom stereocenters. The van der Waals surface area contributed by atoms with E-state index in [2.05, 4.69) is 20.8 Å². The molecule has 1 heterocycles. The zero-order chi connectivity index (χ0) is 19.2. The molecule has 0 fully saturated rings. The van der Waals surface area contributed by atoms with E-state index in [0.29, 0.717) is 17.1 Å². The lowest BCUT2D eigenvalue weighted by Crippen LogP contribution is -2.15. The molecule has 0 radical (unpaired) electrons. The van der Waals surface area contributed by atoms with Crippen LogP contribution < -0.4 is 10.6 Å². The van der Waals surface area contributed by atoms with Crippen molar-refractivity contribution in [3.8, 4) is 0 Å². The summed E-state index contributed by atoms with van der Waals surface area (Å²) < 4.78 is 4.76. The van der Waals surface area contributed by atoms with Crippen molar-refractivity contribution in [1.29, 1.82) is 0 Å². The summed E-state index contributed by atoms with van der Waals surface area (Å²) in [6.07, 6.45) is 0. The number of nitrogens with zero attached hydrogens (tertiary/aromatic N) is 2. The molecule has 0 spiro atoms. The first-order valence-corrected chi connectivity index (χ1v) is 8.23. The van der Waals surface area contributed by atoms with Crippen molar-refractivity contribution in [2.24, 2.45) is 0 Å². The van der Waals surface area contributed by atoms with Crippen molar-refractivity contribution in [3.05, 3.63) is 77.5 Å². The van der Waals surface area contributed by atoms with Crippen LogP contribution in [0.3, 0.4) is 0 Å². The summed E-state index contributed by atoms with van der Waals surface area (Å²) in [5.41, 5.74) is 2.78. The molecule has 0 saturated carbocycles. The van der Waals surface area contributed by atoms with E-state index in [9.17, 15) is 9.59 Å². The Morgan fingerprint density at radius 2 is 1.59 bits per heavy atom. The second-order valence-corrected chi connectivity index (χ2v) is 5.74. The minimum absolute atomic E-state index is 0.185. The molecule has 0 unspecified atom stereocenters. The largest absolute Gasteiger partial charge is 0.465 e. The molecule has 2 aromatic carbocycles. The fourth-order valence-corrected chi connectivity index (χ4v) is 2.44. The highest BCUT2D eigenvalue weighted by Gasteiger charge is 2.13. The normalized spacial score (nSPS) is 10.1. The fraction of sp³-hybridized carbons (Fsp3) is 0.100. The molecule has 0 aliphatic carbocycles. The molecule has 2 N–H and O–H groups in total. The van der Waals surface area contributed by atoms with Crippen molar-refractivity contribution in [1.82, 2.24) is 10.2 Å². The highest BCUT2D eigenvalue weighted by molar-refractivity contribution is 6.03. The van der Waals surface area contributed by atoms with Crippen LogP contribution in [0.5, 0.6) is 0 Å². The summed E-state index contributed by atoms with van der Waals surface area (Å²) in [6.45, 7) is 1.91. The molecular formula is C20H18N4O3. The van der Waals surface area contributed by atoms with Crippen molar-refractivity contribution in [2.45, 2.75) is 6.92 Å². The van der Waals surface area contributed by atoms with E-state index in [0.717, 1.165) is 11.3 Å². The zero-order valence-electron chi connectivity index (χ0n) is 14.9. The van der Waals surface area contributed by atoms with E-state index in [4.69, 9.17) is 4.74 Å². The standard InChI is InChI=1S/C20H18N4O3/c1-13-7-3-5-9-15(13)22-19(25)17-11-12-18(24-23-17)21-16-10-6-4-8-14(16)20(26)27-2/h3-12H,1-2H3,(H,21,24)(H,22,25). The van der Waals surface area contributed by atoms with Crippen LogP contribution in [0.1, 0.15) is 26.4 Å². The predicted molar refractivity (Wildman–Crippen MR) is 102 cm³/mol. The molecule has 1 amide bonds. The first-order chi connectivity index (χ1) is 13.1. The van der Waals surface area contributed by atoms with Gasteiger partial charge in [-0.2, -0.15) is 0 Å². The van der Waals surface area contributed by atoms with Gasteiger partial charge in [0.15, 0.2) is 11.5 Å². The van der Waals surface area contributed by atoms with Crippen LogP contribution >= 0.6 is 0 Å². The van der Waals surface area contributed by atoms with Gasteiger partial charge in [0.1, 0.15) is 0 Å². The first-order valence-electron chi connectivity index (χ1n) is 8.23. The maximum atomic E-state index is 12.3. The number of hydrogen-bond acceptors (Lipinski definition) is 6. The van der Waals surface area contributed by atoms with Gasteiger partial charge in [0.2, 0.25) is 0 Å². The highest BCUT2D eigenvalue weighted by Crippen LogP contribution is 2.20. The number of methoxy groups -OCH3 is 1. The molecule has 0 saturated heterocycles. The minimum atomic E-state index is -0.458. The number of aryl methyl sites for hydroxylation is 1. The Bertz CT molecular complexity index is 971. The van der Waals surface area contributed by atoms with Crippen LogP contribution in [-0.4, -0.2) is 29.2 Å². The molecule has 7 heteroatoms. The molecule has 3 rings (SSSR count). The van der Waals surface area contributed by atoms with Crippen LogP contribution in [0.2, 0.25) is 0 Å². The Morgan fingerprint density at radius 3 is 2.26 bits per heavy atom. The van der Waals surface area contributed by atoms with Gasteiger partial charge in [-0.3, -0.25) is 4.79 Å². The van der Waals surface area contributed by atoms with Gasteiger partial charge in [0.25, 0.3) is 5.91 Å². The zero-order valence-corrected chi connectivity index (χ0v) is 14.9. The second-order valence-electron chi connectivity index (χ2n) is 5.74. The Kier molecular flexibility index (Phi) is 5.41. The number of carbonyl (C=O) groups is 2. The number of carbonyl (C=O) groups excluding carboxylic acids is 2. The summed E-state index contributed by atoms with van der Waals surface area (Å²) in [4.78, 5) is 24.1. The number of aromatic nitrogens is 2. The first kappa shape index (κ1) is 18.1. The van der Waals surface area contributed by atoms with Gasteiger partial charge in [-0.1, -0.05) is 30.3 Å². The highest BCUT2D eigenvalue weighted by atomic mass is 16.5. The van der Waals surface area contributed by atoms with Crippen LogP contribution in [-0.2, 0) is 4.74 Å². The van der Waals surface area contributed by atoms with Gasteiger partial charge in [0.05, 0.1) is 18.4 Å². The Hall–Kier alpha value is -3.74. The molecule has 27 heavy (non-hydrogen) atoms. The molecule has 1 aromatic heterocycles. The van der Waals surface area contributed by atoms with E-state index in [1.165, 1.54) is 7.11 Å². The summed E-state index contributed by atoms with van der Waals surface area (Å²) in [5, 5.41) is 13.8. The van der Waals surface area contributed by atoms with Crippen molar-refractivity contribution in [2.75, 3.05) is 17.7 Å². The maximum Gasteiger partial charge on any atom is 0.339 e. The van der Waals surface area contributed by atoms with Crippen molar-refractivity contribution < 1.29 is 14.3 Å². The number of rotatable bonds is 5. The number of para-hydroxylation sites is 2. The number of benzene rings is 2. The number of amides is 1. The van der Waals surface area contributed by atoms with Gasteiger partial charge in [0, 0.05) is 5.69 Å². The van der Waals surface area contributed by atoms with Gasteiger partial charge < -0.3 is 15.4 Å². The third-order valence-corrected chi connectivity index (χ3v) is 3.89. The van der Waals surface area contributed by atoms with Gasteiger partial charge >= 0.3 is 5.97 Å². The average Bonchev–Trinajstić information content (AvgIpc) is 2.70. The number of esters is 1. The molecule has 0 aliphatic heterocycles. The number of ether oxygens (including phenoxy) is 1. The lowest BCUT2D eigenvalue weighted by atomic mass is 10.2. The number of nitrogens with one attached hydrogen (secondary N) is 2. The number of hydrogen-bond donors (Lipinski definition) is 2. The maximum absolute atomic E-state index is 12.3. The molecule has 3 aromatic rings. The summed E-state index contributed by atoms with van der Waals surface area (Å²) in [5.74, 6) is -0.405. The SMILES string of the molecule is COC(=O)c1ccccc1Nc1ccc(C(=O)Nc2ccccc2C)nn1. The third kappa shape index (κ3) is 4.27. The van der Waals surface area contributed by atoms with E-state index in [1.807, 2.05) is 31.2 Å². The van der Waals surface area contributed by atoms with Crippen molar-refractivity contribution >= 4 is 29.1 Å². The predicted octanol–water partition coefficient (Wildman–Crippen LogP) is 3.57. The van der Waals surface area contributed by atoms with Gasteiger partial charge in [-0.25, -0.2) is 4.79 Å². The topological polar surface area (TPSA) is 93.2 Å². The van der Waals surface area contributed by atoms with E-state index in [1.54, 1.807) is 36.4 Å². The van der Waals surface area contributed by atoms with E-state index in [-0.39, 0.29) is 11.6 Å². The average molecular weight is 362 g/mol. The molecule has 0 bridgehead atoms. The molecule has 136 valence electrons. The minimum Gasteiger partial charge on any atom is -0.465 e. The third-order valence-electron chi connectivity index (χ3n) is 3.89. The van der Waals surface area contributed by atoms with Crippen molar-refractivity contribution in [3.63, 3.8) is 0 Å². The van der Waals surface area contributed by atoms with Crippen LogP contribution in [0, 0.1) is 6.92 Å². The van der Waals surface area contributed by atoms with Crippen LogP contribution in [0.4, 0.5) is 17.2 Å². The molecule has 0 aliphatic rings. The summed E-state index contributed by atoms with van der Waals surface area (Å²) in [7, 11) is 1.32. The fourth-order valence-electron chi connectivity index (χ4n) is 2.44. The monoisotopic (exact) mass is 362 g/mol. The summed E-state index contributed by atoms with van der Waals surface area (Å²) >= 11 is 0. The van der Waals surface area contributed by atoms with Gasteiger partial charge in [-0.05, 0) is 42.8 Å². The van der Waals surface area contributed by atoms with E-state index < -0.39 is 5.97 Å². The quantitative estimate of drug-likeness (QED) is 0.674. The Labute approximate surface area is 156 Å². The second kappa shape index (κ2) is 8.09. The summed E-state index contributed by atoms with van der Waals surface area (Å²) in [6, 6.07) is 17.6.